The fraction of sp³-hybridized carbons (Fsp3) is 0. The topological polar surface area (TPSA) is 69.0 Å². The summed E-state index contributed by atoms with van der Waals surface area (Å²) < 4.78 is 20.8. The molecule has 0 radical (unpaired) electrons. The molecule has 0 saturated carbocycles. The Morgan fingerprint density at radius 3 is 2.29 bits per heavy atom. The zero-order valence-corrected chi connectivity index (χ0v) is 14.6. The van der Waals surface area contributed by atoms with Gasteiger partial charge in [0.2, 0.25) is 0 Å². The number of hydrogen-bond acceptors (Lipinski definition) is 4. The summed E-state index contributed by atoms with van der Waals surface area (Å²) in [7, 11) is 0. The maximum atomic E-state index is 13.6. The lowest BCUT2D eigenvalue weighted by Gasteiger charge is -2.08. The Hall–Kier alpha value is -4.00. The molecule has 7 heteroatoms. The average molecular weight is 374 g/mol. The van der Waals surface area contributed by atoms with E-state index in [1.807, 2.05) is 41.2 Å². The highest BCUT2D eigenvalue weighted by Crippen LogP contribution is 2.21. The molecular formula is C21H15FN4O2. The lowest BCUT2D eigenvalue weighted by Crippen LogP contribution is -2.12. The number of amides is 1. The molecule has 0 aliphatic heterocycles. The first-order valence-electron chi connectivity index (χ1n) is 8.48. The van der Waals surface area contributed by atoms with Gasteiger partial charge in [-0.15, -0.1) is 0 Å². The first-order valence-corrected chi connectivity index (χ1v) is 8.48. The van der Waals surface area contributed by atoms with Crippen molar-refractivity contribution in [3.8, 4) is 17.4 Å². The zero-order chi connectivity index (χ0) is 19.3. The highest BCUT2D eigenvalue weighted by atomic mass is 19.1. The molecule has 4 aromatic rings. The van der Waals surface area contributed by atoms with E-state index in [-0.39, 0.29) is 17.7 Å². The third-order valence-electron chi connectivity index (χ3n) is 3.96. The van der Waals surface area contributed by atoms with Crippen LogP contribution in [0.25, 0.3) is 5.69 Å². The maximum Gasteiger partial charge on any atom is 0.322 e. The van der Waals surface area contributed by atoms with Crippen LogP contribution in [0.5, 0.6) is 11.8 Å². The van der Waals surface area contributed by atoms with E-state index in [1.54, 1.807) is 24.3 Å². The summed E-state index contributed by atoms with van der Waals surface area (Å²) >= 11 is 0. The summed E-state index contributed by atoms with van der Waals surface area (Å²) in [4.78, 5) is 20.4. The van der Waals surface area contributed by atoms with Gasteiger partial charge in [-0.2, -0.15) is 0 Å². The van der Waals surface area contributed by atoms with E-state index < -0.39 is 5.82 Å². The first-order chi connectivity index (χ1) is 13.7. The molecule has 2 aromatic carbocycles. The molecule has 0 unspecified atom stereocenters. The summed E-state index contributed by atoms with van der Waals surface area (Å²) in [6.07, 6.45) is 6.65. The summed E-state index contributed by atoms with van der Waals surface area (Å²) in [5, 5.41) is 2.71. The van der Waals surface area contributed by atoms with Crippen LogP contribution in [-0.2, 0) is 0 Å². The minimum atomic E-state index is -0.508. The molecule has 4 rings (SSSR count). The molecule has 6 nitrogen and oxygen atoms in total. The Kier molecular flexibility index (Phi) is 4.79. The van der Waals surface area contributed by atoms with Crippen LogP contribution in [0.1, 0.15) is 10.4 Å². The molecule has 0 spiro atoms. The van der Waals surface area contributed by atoms with Gasteiger partial charge in [-0.1, -0.05) is 12.1 Å². The van der Waals surface area contributed by atoms with Crippen molar-refractivity contribution >= 4 is 11.6 Å². The summed E-state index contributed by atoms with van der Waals surface area (Å²) in [6.45, 7) is 0. The number of anilines is 1. The van der Waals surface area contributed by atoms with Crippen LogP contribution < -0.4 is 10.1 Å². The standard InChI is InChI=1S/C21H15FN4O2/c22-18-5-1-2-6-19(18)28-21-23-13-16(14-24-21)25-20(27)15-7-9-17(10-8-15)26-11-3-4-12-26/h1-14H,(H,25,27). The third kappa shape index (κ3) is 3.88. The number of rotatable bonds is 5. The number of nitrogens with one attached hydrogen (secondary N) is 1. The molecule has 0 bridgehead atoms. The number of halogens is 1. The molecule has 1 N–H and O–H groups in total. The van der Waals surface area contributed by atoms with Crippen LogP contribution in [0.4, 0.5) is 10.1 Å². The Bertz CT molecular complexity index is 1080. The number of para-hydroxylation sites is 1. The molecule has 0 saturated heterocycles. The number of carbonyl (C=O) groups excluding carboxylic acids is 1. The third-order valence-corrected chi connectivity index (χ3v) is 3.96. The van der Waals surface area contributed by atoms with Crippen LogP contribution in [0, 0.1) is 5.82 Å². The van der Waals surface area contributed by atoms with Crippen molar-refractivity contribution in [1.29, 1.82) is 0 Å². The van der Waals surface area contributed by atoms with Gasteiger partial charge < -0.3 is 14.6 Å². The highest BCUT2D eigenvalue weighted by Gasteiger charge is 2.09. The normalized spacial score (nSPS) is 10.5. The van der Waals surface area contributed by atoms with E-state index in [4.69, 9.17) is 4.74 Å². The molecule has 0 aliphatic carbocycles. The van der Waals surface area contributed by atoms with Gasteiger partial charge in [-0.25, -0.2) is 14.4 Å². The molecule has 0 aliphatic rings. The van der Waals surface area contributed by atoms with Crippen molar-refractivity contribution in [2.24, 2.45) is 0 Å². The second-order valence-electron chi connectivity index (χ2n) is 5.88. The lowest BCUT2D eigenvalue weighted by atomic mass is 10.2. The number of aromatic nitrogens is 3. The average Bonchev–Trinajstić information content (AvgIpc) is 3.26. The Morgan fingerprint density at radius 1 is 0.929 bits per heavy atom. The van der Waals surface area contributed by atoms with Crippen LogP contribution in [0.15, 0.2) is 85.5 Å². The number of carbonyl (C=O) groups is 1. The van der Waals surface area contributed by atoms with Crippen molar-refractivity contribution in [2.75, 3.05) is 5.32 Å². The number of ether oxygens (including phenoxy) is 1. The van der Waals surface area contributed by atoms with Gasteiger partial charge in [0.25, 0.3) is 5.91 Å². The number of nitrogens with zero attached hydrogens (tertiary/aromatic N) is 3. The smallest absolute Gasteiger partial charge is 0.322 e. The van der Waals surface area contributed by atoms with Gasteiger partial charge in [0.1, 0.15) is 0 Å². The zero-order valence-electron chi connectivity index (χ0n) is 14.6. The van der Waals surface area contributed by atoms with Gasteiger partial charge in [0.05, 0.1) is 18.1 Å². The van der Waals surface area contributed by atoms with Crippen molar-refractivity contribution in [3.63, 3.8) is 0 Å². The predicted octanol–water partition coefficient (Wildman–Crippen LogP) is 4.45. The van der Waals surface area contributed by atoms with E-state index in [1.165, 1.54) is 24.5 Å². The molecule has 138 valence electrons. The van der Waals surface area contributed by atoms with E-state index in [0.29, 0.717) is 11.3 Å². The minimum absolute atomic E-state index is 0.0147. The number of benzene rings is 2. The van der Waals surface area contributed by atoms with Crippen LogP contribution in [0.2, 0.25) is 0 Å². The molecule has 0 atom stereocenters. The molecule has 2 aromatic heterocycles. The van der Waals surface area contributed by atoms with E-state index in [2.05, 4.69) is 15.3 Å². The second-order valence-corrected chi connectivity index (χ2v) is 5.88. The molecular weight excluding hydrogens is 359 g/mol. The van der Waals surface area contributed by atoms with Crippen molar-refractivity contribution < 1.29 is 13.9 Å². The fourth-order valence-electron chi connectivity index (χ4n) is 2.55. The quantitative estimate of drug-likeness (QED) is 0.560. The van der Waals surface area contributed by atoms with E-state index >= 15 is 0 Å². The van der Waals surface area contributed by atoms with Gasteiger partial charge >= 0.3 is 6.01 Å². The molecule has 0 fully saturated rings. The van der Waals surface area contributed by atoms with Gasteiger partial charge in [-0.05, 0) is 48.5 Å². The Balaban J connectivity index is 1.41. The van der Waals surface area contributed by atoms with Crippen LogP contribution >= 0.6 is 0 Å². The van der Waals surface area contributed by atoms with Crippen molar-refractivity contribution in [2.45, 2.75) is 0 Å². The summed E-state index contributed by atoms with van der Waals surface area (Å²) in [5.74, 6) is -0.765. The van der Waals surface area contributed by atoms with Gasteiger partial charge in [0, 0.05) is 23.6 Å². The van der Waals surface area contributed by atoms with Gasteiger partial charge in [-0.3, -0.25) is 4.79 Å². The molecule has 1 amide bonds. The maximum absolute atomic E-state index is 13.6. The number of hydrogen-bond donors (Lipinski definition) is 1. The summed E-state index contributed by atoms with van der Waals surface area (Å²) in [5.41, 5.74) is 1.86. The van der Waals surface area contributed by atoms with Crippen LogP contribution in [0.3, 0.4) is 0 Å². The minimum Gasteiger partial charge on any atom is -0.421 e. The summed E-state index contributed by atoms with van der Waals surface area (Å²) in [6, 6.07) is 17.0. The van der Waals surface area contributed by atoms with Crippen molar-refractivity contribution in [3.05, 3.63) is 96.8 Å². The van der Waals surface area contributed by atoms with E-state index in [0.717, 1.165) is 5.69 Å². The Labute approximate surface area is 160 Å². The fourth-order valence-corrected chi connectivity index (χ4v) is 2.55. The molecule has 2 heterocycles. The highest BCUT2D eigenvalue weighted by molar-refractivity contribution is 6.04. The molecule has 28 heavy (non-hydrogen) atoms. The SMILES string of the molecule is O=C(Nc1cnc(Oc2ccccc2F)nc1)c1ccc(-n2cccc2)cc1. The monoisotopic (exact) mass is 374 g/mol. The lowest BCUT2D eigenvalue weighted by molar-refractivity contribution is 0.102. The largest absolute Gasteiger partial charge is 0.421 e. The van der Waals surface area contributed by atoms with Gasteiger partial charge in [0.15, 0.2) is 11.6 Å². The Morgan fingerprint density at radius 2 is 1.61 bits per heavy atom. The first kappa shape index (κ1) is 17.4. The van der Waals surface area contributed by atoms with E-state index in [9.17, 15) is 9.18 Å². The van der Waals surface area contributed by atoms with Crippen LogP contribution in [-0.4, -0.2) is 20.4 Å². The second kappa shape index (κ2) is 7.71. The van der Waals surface area contributed by atoms with Crippen molar-refractivity contribution in [1.82, 2.24) is 14.5 Å². The predicted molar refractivity (Wildman–Crippen MR) is 102 cm³/mol.